The predicted molar refractivity (Wildman–Crippen MR) is 103 cm³/mol. The van der Waals surface area contributed by atoms with Gasteiger partial charge in [0.15, 0.2) is 0 Å². The molecule has 1 aromatic heterocycles. The van der Waals surface area contributed by atoms with Crippen LogP contribution in [0.15, 0.2) is 16.9 Å². The van der Waals surface area contributed by atoms with Crippen LogP contribution in [0.25, 0.3) is 10.9 Å². The van der Waals surface area contributed by atoms with Crippen LogP contribution in [0.3, 0.4) is 0 Å². The number of halogens is 1. The molecular weight excluding hydrogens is 353 g/mol. The minimum Gasteiger partial charge on any atom is -0.382 e. The lowest BCUT2D eigenvalue weighted by molar-refractivity contribution is 0.1000. The van der Waals surface area contributed by atoms with Gasteiger partial charge in [-0.3, -0.25) is 4.79 Å². The summed E-state index contributed by atoms with van der Waals surface area (Å²) in [6, 6.07) is 3.60. The molecule has 1 saturated heterocycles. The monoisotopic (exact) mass is 377 g/mol. The van der Waals surface area contributed by atoms with Gasteiger partial charge in [-0.05, 0) is 37.8 Å². The molecule has 1 saturated carbocycles. The Labute approximate surface area is 156 Å². The van der Waals surface area contributed by atoms with Crippen molar-refractivity contribution in [3.05, 3.63) is 34.1 Å². The summed E-state index contributed by atoms with van der Waals surface area (Å²) in [5.74, 6) is 0.717. The summed E-state index contributed by atoms with van der Waals surface area (Å²) >= 11 is 1.78. The van der Waals surface area contributed by atoms with Gasteiger partial charge in [0.1, 0.15) is 17.0 Å². The van der Waals surface area contributed by atoms with Crippen molar-refractivity contribution >= 4 is 28.4 Å². The Kier molecular flexibility index (Phi) is 5.45. The van der Waals surface area contributed by atoms with Gasteiger partial charge in [0.25, 0.3) is 5.56 Å². The number of nitrogens with one attached hydrogen (secondary N) is 2. The van der Waals surface area contributed by atoms with Gasteiger partial charge in [-0.1, -0.05) is 12.8 Å². The van der Waals surface area contributed by atoms with E-state index in [2.05, 4.69) is 15.3 Å². The molecule has 0 spiro atoms. The number of hydrogen-bond donors (Lipinski definition) is 2. The van der Waals surface area contributed by atoms with Crippen LogP contribution in [-0.2, 0) is 10.5 Å². The maximum absolute atomic E-state index is 14.5. The van der Waals surface area contributed by atoms with Crippen LogP contribution in [0.1, 0.15) is 44.3 Å². The fourth-order valence-corrected chi connectivity index (χ4v) is 4.83. The lowest BCUT2D eigenvalue weighted by atomic mass is 10.2. The van der Waals surface area contributed by atoms with Crippen molar-refractivity contribution in [1.29, 1.82) is 0 Å². The zero-order valence-corrected chi connectivity index (χ0v) is 15.5. The summed E-state index contributed by atoms with van der Waals surface area (Å²) in [6.45, 7) is 1.58. The number of benzene rings is 1. The quantitative estimate of drug-likeness (QED) is 0.829. The first-order valence-corrected chi connectivity index (χ1v) is 10.4. The van der Waals surface area contributed by atoms with Crippen molar-refractivity contribution in [3.63, 3.8) is 0 Å². The summed E-state index contributed by atoms with van der Waals surface area (Å²) in [5, 5.41) is 3.95. The van der Waals surface area contributed by atoms with Gasteiger partial charge in [-0.25, -0.2) is 9.37 Å². The number of aromatic amines is 1. The summed E-state index contributed by atoms with van der Waals surface area (Å²) in [4.78, 5) is 19.6. The Bertz CT molecular complexity index is 829. The highest BCUT2D eigenvalue weighted by Gasteiger charge is 2.18. The highest BCUT2D eigenvalue weighted by Crippen LogP contribution is 2.27. The topological polar surface area (TPSA) is 67.0 Å². The maximum atomic E-state index is 14.5. The van der Waals surface area contributed by atoms with Gasteiger partial charge < -0.3 is 15.0 Å². The van der Waals surface area contributed by atoms with Crippen molar-refractivity contribution in [2.45, 2.75) is 55.6 Å². The van der Waals surface area contributed by atoms with E-state index in [1.807, 2.05) is 0 Å². The fourth-order valence-electron chi connectivity index (χ4n) is 3.77. The zero-order valence-electron chi connectivity index (χ0n) is 14.7. The number of anilines is 1. The molecule has 4 rings (SSSR count). The number of rotatable bonds is 5. The standard InChI is InChI=1S/C19H24FN3O2S/c20-15-9-13(21-12-3-1-2-4-12)10-16-18(15)19(24)23-17(22-16)11-26-14-5-7-25-8-6-14/h9-10,12,14,21H,1-8,11H2,(H,22,23,24). The second kappa shape index (κ2) is 7.96. The molecule has 0 unspecified atom stereocenters. The van der Waals surface area contributed by atoms with Gasteiger partial charge in [0, 0.05) is 30.2 Å². The lowest BCUT2D eigenvalue weighted by Crippen LogP contribution is -2.19. The Morgan fingerprint density at radius 1 is 1.23 bits per heavy atom. The number of thioether (sulfide) groups is 1. The van der Waals surface area contributed by atoms with Crippen molar-refractivity contribution in [1.82, 2.24) is 9.97 Å². The van der Waals surface area contributed by atoms with Crippen LogP contribution >= 0.6 is 11.8 Å². The second-order valence-corrected chi connectivity index (χ2v) is 8.40. The third-order valence-corrected chi connectivity index (χ3v) is 6.54. The first-order valence-electron chi connectivity index (χ1n) is 9.37. The fraction of sp³-hybridized carbons (Fsp3) is 0.579. The SMILES string of the molecule is O=c1[nH]c(CSC2CCOCC2)nc2cc(NC3CCCC3)cc(F)c12. The van der Waals surface area contributed by atoms with Crippen molar-refractivity contribution in [2.75, 3.05) is 18.5 Å². The third kappa shape index (κ3) is 4.04. The molecule has 26 heavy (non-hydrogen) atoms. The average Bonchev–Trinajstić information content (AvgIpc) is 3.13. The smallest absolute Gasteiger partial charge is 0.261 e. The largest absolute Gasteiger partial charge is 0.382 e. The van der Waals surface area contributed by atoms with Crippen molar-refractivity contribution in [2.24, 2.45) is 0 Å². The van der Waals surface area contributed by atoms with Crippen molar-refractivity contribution in [3.8, 4) is 0 Å². The van der Waals surface area contributed by atoms with E-state index in [9.17, 15) is 9.18 Å². The van der Waals surface area contributed by atoms with E-state index in [-0.39, 0.29) is 5.39 Å². The molecule has 0 radical (unpaired) electrons. The molecule has 5 nitrogen and oxygen atoms in total. The van der Waals surface area contributed by atoms with E-state index < -0.39 is 11.4 Å². The predicted octanol–water partition coefficient (Wildman–Crippen LogP) is 3.83. The lowest BCUT2D eigenvalue weighted by Gasteiger charge is -2.21. The number of hydrogen-bond acceptors (Lipinski definition) is 5. The van der Waals surface area contributed by atoms with Gasteiger partial charge in [0.05, 0.1) is 11.3 Å². The van der Waals surface area contributed by atoms with Crippen LogP contribution in [0.4, 0.5) is 10.1 Å². The number of nitrogens with zero attached hydrogens (tertiary/aromatic N) is 1. The molecule has 0 amide bonds. The molecular formula is C19H24FN3O2S. The normalized spacial score (nSPS) is 19.3. The molecule has 140 valence electrons. The minimum atomic E-state index is -0.514. The maximum Gasteiger partial charge on any atom is 0.261 e. The molecule has 1 aliphatic carbocycles. The van der Waals surface area contributed by atoms with E-state index in [4.69, 9.17) is 4.74 Å². The summed E-state index contributed by atoms with van der Waals surface area (Å²) < 4.78 is 19.8. The molecule has 2 aliphatic rings. The number of H-pyrrole nitrogens is 1. The molecule has 1 aliphatic heterocycles. The molecule has 0 atom stereocenters. The summed E-state index contributed by atoms with van der Waals surface area (Å²) in [5.41, 5.74) is 0.738. The van der Waals surface area contributed by atoms with E-state index in [0.717, 1.165) is 38.9 Å². The second-order valence-electron chi connectivity index (χ2n) is 7.11. The first kappa shape index (κ1) is 17.8. The van der Waals surface area contributed by atoms with Gasteiger partial charge in [-0.15, -0.1) is 0 Å². The molecule has 2 fully saturated rings. The molecule has 2 heterocycles. The van der Waals surface area contributed by atoms with Crippen LogP contribution < -0.4 is 10.9 Å². The number of fused-ring (bicyclic) bond motifs is 1. The molecule has 2 N–H and O–H groups in total. The van der Waals surface area contributed by atoms with E-state index in [1.54, 1.807) is 17.8 Å². The zero-order chi connectivity index (χ0) is 17.9. The molecule has 0 bridgehead atoms. The highest BCUT2D eigenvalue weighted by molar-refractivity contribution is 7.99. The Morgan fingerprint density at radius 3 is 2.77 bits per heavy atom. The Balaban J connectivity index is 1.55. The van der Waals surface area contributed by atoms with Crippen LogP contribution in [0.2, 0.25) is 0 Å². The summed E-state index contributed by atoms with van der Waals surface area (Å²) in [6.07, 6.45) is 6.67. The van der Waals surface area contributed by atoms with Crippen molar-refractivity contribution < 1.29 is 9.13 Å². The van der Waals surface area contributed by atoms with Crippen LogP contribution in [0.5, 0.6) is 0 Å². The average molecular weight is 377 g/mol. The van der Waals surface area contributed by atoms with Gasteiger partial charge in [0.2, 0.25) is 0 Å². The molecule has 7 heteroatoms. The summed E-state index contributed by atoms with van der Waals surface area (Å²) in [7, 11) is 0. The van der Waals surface area contributed by atoms with E-state index >= 15 is 0 Å². The number of aromatic nitrogens is 2. The highest BCUT2D eigenvalue weighted by atomic mass is 32.2. The van der Waals surface area contributed by atoms with Crippen LogP contribution in [0, 0.1) is 5.82 Å². The number of ether oxygens (including phenoxy) is 1. The first-order chi connectivity index (χ1) is 12.7. The Morgan fingerprint density at radius 2 is 2.00 bits per heavy atom. The molecule has 2 aromatic rings. The van der Waals surface area contributed by atoms with Crippen LogP contribution in [-0.4, -0.2) is 34.5 Å². The van der Waals surface area contributed by atoms with Gasteiger partial charge in [-0.2, -0.15) is 11.8 Å². The molecule has 1 aromatic carbocycles. The van der Waals surface area contributed by atoms with Gasteiger partial charge >= 0.3 is 0 Å². The minimum absolute atomic E-state index is 0.0433. The Hall–Kier alpha value is -1.60. The van der Waals surface area contributed by atoms with E-state index in [1.165, 1.54) is 18.9 Å². The third-order valence-electron chi connectivity index (χ3n) is 5.16. The van der Waals surface area contributed by atoms with E-state index in [0.29, 0.717) is 34.1 Å².